The fourth-order valence-corrected chi connectivity index (χ4v) is 2.16. The maximum atomic E-state index is 13.7. The lowest BCUT2D eigenvalue weighted by molar-refractivity contribution is 0.299. The van der Waals surface area contributed by atoms with Crippen LogP contribution in [0.2, 0.25) is 0 Å². The van der Waals surface area contributed by atoms with Gasteiger partial charge in [-0.1, -0.05) is 48.0 Å². The first-order valence-electron chi connectivity index (χ1n) is 6.93. The molecule has 1 N–H and O–H groups in total. The van der Waals surface area contributed by atoms with Crippen molar-refractivity contribution in [3.63, 3.8) is 0 Å². The lowest BCUT2D eigenvalue weighted by Crippen LogP contribution is -2.21. The summed E-state index contributed by atoms with van der Waals surface area (Å²) in [6.45, 7) is 5.29. The van der Waals surface area contributed by atoms with Gasteiger partial charge < -0.3 is 10.1 Å². The van der Waals surface area contributed by atoms with Gasteiger partial charge in [0.25, 0.3) is 0 Å². The highest BCUT2D eigenvalue weighted by Crippen LogP contribution is 2.18. The van der Waals surface area contributed by atoms with Crippen molar-refractivity contribution in [1.29, 1.82) is 0 Å². The largest absolute Gasteiger partial charge is 0.489 e. The van der Waals surface area contributed by atoms with E-state index in [0.717, 1.165) is 16.8 Å². The number of ether oxygens (including phenoxy) is 1. The number of hydrogen-bond donors (Lipinski definition) is 1. The van der Waals surface area contributed by atoms with Crippen LogP contribution in [0, 0.1) is 5.82 Å². The van der Waals surface area contributed by atoms with Crippen LogP contribution in [-0.2, 0) is 13.2 Å². The smallest absolute Gasteiger partial charge is 0.130 e. The molecule has 0 aromatic heterocycles. The predicted molar refractivity (Wildman–Crippen MR) is 86.8 cm³/mol. The van der Waals surface area contributed by atoms with Crippen LogP contribution in [0.15, 0.2) is 46.9 Å². The van der Waals surface area contributed by atoms with Crippen molar-refractivity contribution < 1.29 is 9.13 Å². The Labute approximate surface area is 133 Å². The molecule has 0 fully saturated rings. The third-order valence-corrected chi connectivity index (χ3v) is 3.54. The summed E-state index contributed by atoms with van der Waals surface area (Å²) in [5, 5.41) is 3.36. The zero-order valence-corrected chi connectivity index (χ0v) is 13.8. The molecule has 0 saturated carbocycles. The van der Waals surface area contributed by atoms with Crippen LogP contribution < -0.4 is 10.1 Å². The molecule has 0 spiro atoms. The summed E-state index contributed by atoms with van der Waals surface area (Å²) in [6.07, 6.45) is 0. The van der Waals surface area contributed by atoms with Gasteiger partial charge in [-0.15, -0.1) is 0 Å². The van der Waals surface area contributed by atoms with Gasteiger partial charge >= 0.3 is 0 Å². The van der Waals surface area contributed by atoms with E-state index in [-0.39, 0.29) is 12.4 Å². The molecule has 0 saturated heterocycles. The Bertz CT molecular complexity index is 584. The van der Waals surface area contributed by atoms with E-state index in [2.05, 4.69) is 35.1 Å². The van der Waals surface area contributed by atoms with Gasteiger partial charge in [0.15, 0.2) is 0 Å². The standard InChI is InChI=1S/C17H19BrFNO/c1-12(2)20-10-13-3-7-16(8-4-13)21-11-14-5-6-15(18)9-17(14)19/h3-9,12,20H,10-11H2,1-2H3. The number of hydrogen-bond acceptors (Lipinski definition) is 2. The van der Waals surface area contributed by atoms with Crippen molar-refractivity contribution in [3.05, 3.63) is 63.9 Å². The average molecular weight is 352 g/mol. The van der Waals surface area contributed by atoms with Crippen molar-refractivity contribution in [3.8, 4) is 5.75 Å². The topological polar surface area (TPSA) is 21.3 Å². The van der Waals surface area contributed by atoms with Crippen molar-refractivity contribution in [2.75, 3.05) is 0 Å². The summed E-state index contributed by atoms with van der Waals surface area (Å²) in [5.41, 5.74) is 1.75. The monoisotopic (exact) mass is 351 g/mol. The van der Waals surface area contributed by atoms with Crippen LogP contribution in [0.25, 0.3) is 0 Å². The minimum Gasteiger partial charge on any atom is -0.489 e. The summed E-state index contributed by atoms with van der Waals surface area (Å²) < 4.78 is 20.0. The second-order valence-corrected chi connectivity index (χ2v) is 6.12. The van der Waals surface area contributed by atoms with Crippen LogP contribution in [0.3, 0.4) is 0 Å². The molecule has 0 unspecified atom stereocenters. The summed E-state index contributed by atoms with van der Waals surface area (Å²) in [6, 6.07) is 13.3. The molecule has 0 aliphatic carbocycles. The Morgan fingerprint density at radius 1 is 1.14 bits per heavy atom. The van der Waals surface area contributed by atoms with Crippen molar-refractivity contribution >= 4 is 15.9 Å². The molecule has 0 radical (unpaired) electrons. The van der Waals surface area contributed by atoms with Gasteiger partial charge in [0.1, 0.15) is 18.2 Å². The van der Waals surface area contributed by atoms with Crippen LogP contribution in [0.5, 0.6) is 5.75 Å². The zero-order chi connectivity index (χ0) is 15.2. The summed E-state index contributed by atoms with van der Waals surface area (Å²) in [5.74, 6) is 0.479. The van der Waals surface area contributed by atoms with E-state index >= 15 is 0 Å². The molecular weight excluding hydrogens is 333 g/mol. The molecule has 2 rings (SSSR count). The third-order valence-electron chi connectivity index (χ3n) is 3.05. The molecule has 2 nitrogen and oxygen atoms in total. The quantitative estimate of drug-likeness (QED) is 0.816. The first-order chi connectivity index (χ1) is 10.0. The Kier molecular flexibility index (Phi) is 5.76. The van der Waals surface area contributed by atoms with Crippen LogP contribution >= 0.6 is 15.9 Å². The first-order valence-corrected chi connectivity index (χ1v) is 7.73. The highest BCUT2D eigenvalue weighted by molar-refractivity contribution is 9.10. The van der Waals surface area contributed by atoms with E-state index in [4.69, 9.17) is 4.74 Å². The second-order valence-electron chi connectivity index (χ2n) is 5.20. The molecule has 21 heavy (non-hydrogen) atoms. The SMILES string of the molecule is CC(C)NCc1ccc(OCc2ccc(Br)cc2F)cc1. The van der Waals surface area contributed by atoms with Gasteiger partial charge in [0, 0.05) is 22.6 Å². The number of benzene rings is 2. The molecule has 0 atom stereocenters. The van der Waals surface area contributed by atoms with E-state index in [1.54, 1.807) is 6.07 Å². The van der Waals surface area contributed by atoms with E-state index in [1.807, 2.05) is 30.3 Å². The summed E-state index contributed by atoms with van der Waals surface area (Å²) in [7, 11) is 0. The first kappa shape index (κ1) is 16.0. The fraction of sp³-hybridized carbons (Fsp3) is 0.294. The summed E-state index contributed by atoms with van der Waals surface area (Å²) in [4.78, 5) is 0. The minimum atomic E-state index is -0.262. The molecule has 2 aromatic rings. The molecule has 4 heteroatoms. The zero-order valence-electron chi connectivity index (χ0n) is 12.2. The Morgan fingerprint density at radius 3 is 2.48 bits per heavy atom. The van der Waals surface area contributed by atoms with Gasteiger partial charge in [-0.05, 0) is 29.8 Å². The Morgan fingerprint density at radius 2 is 1.86 bits per heavy atom. The maximum absolute atomic E-state index is 13.7. The van der Waals surface area contributed by atoms with E-state index in [9.17, 15) is 4.39 Å². The molecule has 0 aliphatic heterocycles. The Balaban J connectivity index is 1.91. The van der Waals surface area contributed by atoms with Crippen molar-refractivity contribution in [2.45, 2.75) is 33.0 Å². The maximum Gasteiger partial charge on any atom is 0.130 e. The van der Waals surface area contributed by atoms with Gasteiger partial charge in [-0.3, -0.25) is 0 Å². The number of halogens is 2. The van der Waals surface area contributed by atoms with E-state index in [0.29, 0.717) is 11.6 Å². The highest BCUT2D eigenvalue weighted by Gasteiger charge is 2.04. The van der Waals surface area contributed by atoms with Crippen LogP contribution in [0.4, 0.5) is 4.39 Å². The van der Waals surface area contributed by atoms with Gasteiger partial charge in [0.2, 0.25) is 0 Å². The lowest BCUT2D eigenvalue weighted by atomic mass is 10.2. The second kappa shape index (κ2) is 7.57. The molecule has 0 amide bonds. The van der Waals surface area contributed by atoms with Crippen LogP contribution in [0.1, 0.15) is 25.0 Å². The fourth-order valence-electron chi connectivity index (χ4n) is 1.83. The number of nitrogens with one attached hydrogen (secondary N) is 1. The molecular formula is C17H19BrFNO. The molecule has 2 aromatic carbocycles. The average Bonchev–Trinajstić information content (AvgIpc) is 2.45. The van der Waals surface area contributed by atoms with E-state index < -0.39 is 0 Å². The van der Waals surface area contributed by atoms with E-state index in [1.165, 1.54) is 11.6 Å². The van der Waals surface area contributed by atoms with Gasteiger partial charge in [-0.25, -0.2) is 4.39 Å². The molecule has 0 heterocycles. The van der Waals surface area contributed by atoms with Gasteiger partial charge in [-0.2, -0.15) is 0 Å². The highest BCUT2D eigenvalue weighted by atomic mass is 79.9. The Hall–Kier alpha value is -1.39. The van der Waals surface area contributed by atoms with Crippen LogP contribution in [-0.4, -0.2) is 6.04 Å². The number of rotatable bonds is 6. The lowest BCUT2D eigenvalue weighted by Gasteiger charge is -2.10. The molecule has 0 bridgehead atoms. The van der Waals surface area contributed by atoms with Gasteiger partial charge in [0.05, 0.1) is 0 Å². The predicted octanol–water partition coefficient (Wildman–Crippen LogP) is 4.67. The summed E-state index contributed by atoms with van der Waals surface area (Å²) >= 11 is 3.24. The van der Waals surface area contributed by atoms with Crippen molar-refractivity contribution in [1.82, 2.24) is 5.32 Å². The van der Waals surface area contributed by atoms with Crippen molar-refractivity contribution in [2.24, 2.45) is 0 Å². The third kappa shape index (κ3) is 5.14. The molecule has 0 aliphatic rings. The minimum absolute atomic E-state index is 0.225. The normalized spacial score (nSPS) is 10.9. The molecule has 112 valence electrons.